The summed E-state index contributed by atoms with van der Waals surface area (Å²) in [5, 5.41) is 0. The molecule has 1 heterocycles. The number of likely N-dealkylation sites (tertiary alicyclic amines) is 1. The van der Waals surface area contributed by atoms with E-state index in [1.165, 1.54) is 60.9 Å². The van der Waals surface area contributed by atoms with Gasteiger partial charge in [0, 0.05) is 18.6 Å². The van der Waals surface area contributed by atoms with Crippen LogP contribution in [-0.2, 0) is 0 Å². The van der Waals surface area contributed by atoms with Crippen molar-refractivity contribution in [3.8, 4) is 0 Å². The first-order valence-corrected chi connectivity index (χ1v) is 8.62. The molecule has 1 aromatic carbocycles. The summed E-state index contributed by atoms with van der Waals surface area (Å²) >= 11 is 0. The molecule has 2 N–H and O–H groups in total. The summed E-state index contributed by atoms with van der Waals surface area (Å²) in [5.41, 5.74) is 11.9. The van der Waals surface area contributed by atoms with Gasteiger partial charge < -0.3 is 5.73 Å². The van der Waals surface area contributed by atoms with Crippen LogP contribution < -0.4 is 5.73 Å². The summed E-state index contributed by atoms with van der Waals surface area (Å²) in [6.07, 6.45) is 6.62. The molecule has 1 aliphatic rings. The van der Waals surface area contributed by atoms with E-state index < -0.39 is 0 Å². The number of nitrogens with zero attached hydrogens (tertiary/aromatic N) is 1. The van der Waals surface area contributed by atoms with Gasteiger partial charge in [-0.25, -0.2) is 0 Å². The molecule has 0 bridgehead atoms. The van der Waals surface area contributed by atoms with Crippen LogP contribution in [0.1, 0.15) is 67.3 Å². The largest absolute Gasteiger partial charge is 0.329 e. The Kier molecular flexibility index (Phi) is 5.83. The van der Waals surface area contributed by atoms with Crippen molar-refractivity contribution < 1.29 is 0 Å². The maximum Gasteiger partial charge on any atom is 0.0478 e. The lowest BCUT2D eigenvalue weighted by atomic mass is 9.89. The normalized spacial score (nSPS) is 21.5. The maximum absolute atomic E-state index is 6.23. The fraction of sp³-hybridized carbons (Fsp3) is 0.684. The Labute approximate surface area is 130 Å². The summed E-state index contributed by atoms with van der Waals surface area (Å²) in [6.45, 7) is 10.9. The molecule has 0 spiro atoms. The fourth-order valence-corrected chi connectivity index (χ4v) is 4.21. The third-order valence-electron chi connectivity index (χ3n) is 4.99. The fourth-order valence-electron chi connectivity index (χ4n) is 4.21. The quantitative estimate of drug-likeness (QED) is 0.877. The Morgan fingerprint density at radius 2 is 1.86 bits per heavy atom. The molecule has 21 heavy (non-hydrogen) atoms. The van der Waals surface area contributed by atoms with Gasteiger partial charge in [0.1, 0.15) is 0 Å². The molecule has 118 valence electrons. The highest BCUT2D eigenvalue weighted by Gasteiger charge is 2.30. The molecule has 0 radical (unpaired) electrons. The first-order chi connectivity index (χ1) is 10.1. The van der Waals surface area contributed by atoms with E-state index in [0.29, 0.717) is 6.04 Å². The van der Waals surface area contributed by atoms with E-state index >= 15 is 0 Å². The molecule has 2 rings (SSSR count). The third-order valence-corrected chi connectivity index (χ3v) is 4.99. The van der Waals surface area contributed by atoms with Crippen molar-refractivity contribution in [1.29, 1.82) is 0 Å². The molecular weight excluding hydrogens is 256 g/mol. The van der Waals surface area contributed by atoms with Crippen LogP contribution in [0.15, 0.2) is 12.1 Å². The Bertz CT molecular complexity index is 442. The molecule has 0 saturated carbocycles. The van der Waals surface area contributed by atoms with Gasteiger partial charge in [-0.3, -0.25) is 4.90 Å². The number of piperidine rings is 1. The standard InChI is InChI=1S/C19H32N2/c1-5-8-17-9-6-7-10-21(17)18(13-20)19-15(3)11-14(2)12-16(19)4/h11-12,17-18H,5-10,13,20H2,1-4H3. The number of nitrogens with two attached hydrogens (primary N) is 1. The predicted octanol–water partition coefficient (Wildman–Crippen LogP) is 4.27. The lowest BCUT2D eigenvalue weighted by Crippen LogP contribution is -2.45. The molecule has 0 amide bonds. The minimum Gasteiger partial charge on any atom is -0.329 e. The molecule has 1 aliphatic heterocycles. The highest BCUT2D eigenvalue weighted by atomic mass is 15.2. The van der Waals surface area contributed by atoms with Gasteiger partial charge in [0.2, 0.25) is 0 Å². The van der Waals surface area contributed by atoms with E-state index in [9.17, 15) is 0 Å². The molecule has 0 aliphatic carbocycles. The SMILES string of the molecule is CCCC1CCCCN1C(CN)c1c(C)cc(C)cc1C. The minimum atomic E-state index is 0.391. The van der Waals surface area contributed by atoms with Crippen LogP contribution in [0.5, 0.6) is 0 Å². The van der Waals surface area contributed by atoms with Crippen molar-refractivity contribution in [2.45, 2.75) is 71.9 Å². The minimum absolute atomic E-state index is 0.391. The second-order valence-corrected chi connectivity index (χ2v) is 6.74. The molecule has 1 aromatic rings. The maximum atomic E-state index is 6.23. The molecule has 1 fully saturated rings. The third kappa shape index (κ3) is 3.67. The topological polar surface area (TPSA) is 29.3 Å². The van der Waals surface area contributed by atoms with Crippen molar-refractivity contribution in [1.82, 2.24) is 4.90 Å². The van der Waals surface area contributed by atoms with E-state index in [1.807, 2.05) is 0 Å². The monoisotopic (exact) mass is 288 g/mol. The van der Waals surface area contributed by atoms with Gasteiger partial charge in [0.25, 0.3) is 0 Å². The van der Waals surface area contributed by atoms with Crippen LogP contribution >= 0.6 is 0 Å². The van der Waals surface area contributed by atoms with Crippen molar-refractivity contribution >= 4 is 0 Å². The second-order valence-electron chi connectivity index (χ2n) is 6.74. The van der Waals surface area contributed by atoms with Crippen LogP contribution in [0.2, 0.25) is 0 Å². The number of hydrogen-bond donors (Lipinski definition) is 1. The first kappa shape index (κ1) is 16.5. The van der Waals surface area contributed by atoms with Crippen molar-refractivity contribution in [3.63, 3.8) is 0 Å². The lowest BCUT2D eigenvalue weighted by Gasteiger charge is -2.42. The Morgan fingerprint density at radius 1 is 1.19 bits per heavy atom. The number of benzene rings is 1. The van der Waals surface area contributed by atoms with Crippen LogP contribution in [-0.4, -0.2) is 24.0 Å². The average molecular weight is 288 g/mol. The molecule has 2 unspecified atom stereocenters. The molecule has 2 atom stereocenters. The predicted molar refractivity (Wildman–Crippen MR) is 91.7 cm³/mol. The summed E-state index contributed by atoms with van der Waals surface area (Å²) < 4.78 is 0. The Hall–Kier alpha value is -0.860. The number of rotatable bonds is 5. The summed E-state index contributed by atoms with van der Waals surface area (Å²) in [4.78, 5) is 2.71. The zero-order chi connectivity index (χ0) is 15.4. The van der Waals surface area contributed by atoms with Crippen LogP contribution in [0, 0.1) is 20.8 Å². The summed E-state index contributed by atoms with van der Waals surface area (Å²) in [5.74, 6) is 0. The first-order valence-electron chi connectivity index (χ1n) is 8.62. The molecule has 2 nitrogen and oxygen atoms in total. The van der Waals surface area contributed by atoms with E-state index in [1.54, 1.807) is 0 Å². The van der Waals surface area contributed by atoms with Gasteiger partial charge in [-0.2, -0.15) is 0 Å². The lowest BCUT2D eigenvalue weighted by molar-refractivity contribution is 0.0906. The highest BCUT2D eigenvalue weighted by Crippen LogP contribution is 2.33. The van der Waals surface area contributed by atoms with Gasteiger partial charge in [-0.05, 0) is 63.3 Å². The van der Waals surface area contributed by atoms with Gasteiger partial charge in [0.15, 0.2) is 0 Å². The summed E-state index contributed by atoms with van der Waals surface area (Å²) in [7, 11) is 0. The van der Waals surface area contributed by atoms with Crippen LogP contribution in [0.3, 0.4) is 0 Å². The van der Waals surface area contributed by atoms with Crippen molar-refractivity contribution in [3.05, 3.63) is 34.4 Å². The second kappa shape index (κ2) is 7.42. The average Bonchev–Trinajstić information content (AvgIpc) is 2.44. The van der Waals surface area contributed by atoms with E-state index in [2.05, 4.69) is 44.7 Å². The number of hydrogen-bond acceptors (Lipinski definition) is 2. The summed E-state index contributed by atoms with van der Waals surface area (Å²) in [6, 6.07) is 5.73. The van der Waals surface area contributed by atoms with E-state index in [4.69, 9.17) is 5.73 Å². The zero-order valence-corrected chi connectivity index (χ0v) is 14.3. The van der Waals surface area contributed by atoms with E-state index in [-0.39, 0.29) is 0 Å². The van der Waals surface area contributed by atoms with Crippen molar-refractivity contribution in [2.75, 3.05) is 13.1 Å². The molecule has 0 aromatic heterocycles. The molecule has 2 heteroatoms. The van der Waals surface area contributed by atoms with Gasteiger partial charge in [0.05, 0.1) is 0 Å². The molecular formula is C19H32N2. The Morgan fingerprint density at radius 3 is 2.43 bits per heavy atom. The number of aryl methyl sites for hydroxylation is 3. The van der Waals surface area contributed by atoms with Gasteiger partial charge in [-0.1, -0.05) is 37.5 Å². The molecule has 1 saturated heterocycles. The van der Waals surface area contributed by atoms with E-state index in [0.717, 1.165) is 12.6 Å². The Balaban J connectivity index is 2.34. The van der Waals surface area contributed by atoms with Gasteiger partial charge >= 0.3 is 0 Å². The van der Waals surface area contributed by atoms with Crippen molar-refractivity contribution in [2.24, 2.45) is 5.73 Å². The van der Waals surface area contributed by atoms with Crippen LogP contribution in [0.25, 0.3) is 0 Å². The zero-order valence-electron chi connectivity index (χ0n) is 14.3. The highest BCUT2D eigenvalue weighted by molar-refractivity contribution is 5.40. The van der Waals surface area contributed by atoms with Gasteiger partial charge in [-0.15, -0.1) is 0 Å². The smallest absolute Gasteiger partial charge is 0.0478 e. The van der Waals surface area contributed by atoms with Crippen LogP contribution in [0.4, 0.5) is 0 Å².